The number of rotatable bonds is 5. The van der Waals surface area contributed by atoms with E-state index < -0.39 is 10.0 Å². The van der Waals surface area contributed by atoms with E-state index in [0.29, 0.717) is 5.69 Å². The summed E-state index contributed by atoms with van der Waals surface area (Å²) in [5.74, 6) is 0. The Hall–Kier alpha value is -0.170. The van der Waals surface area contributed by atoms with Gasteiger partial charge in [0.05, 0.1) is 5.69 Å². The monoisotopic (exact) mass is 282 g/mol. The maximum Gasteiger partial charge on any atom is 0.252 e. The van der Waals surface area contributed by atoms with Gasteiger partial charge < -0.3 is 0 Å². The quantitative estimate of drug-likeness (QED) is 0.903. The Morgan fingerprint density at radius 1 is 1.56 bits per heavy atom. The van der Waals surface area contributed by atoms with Gasteiger partial charge in [-0.1, -0.05) is 36.3 Å². The third-order valence-electron chi connectivity index (χ3n) is 2.05. The molecule has 1 unspecified atom stereocenters. The molecule has 0 aliphatic carbocycles. The number of hydrogen-bond acceptors (Lipinski definition) is 4. The zero-order chi connectivity index (χ0) is 12.3. The van der Waals surface area contributed by atoms with Crippen LogP contribution >= 0.6 is 22.9 Å². The van der Waals surface area contributed by atoms with Gasteiger partial charge in [0.1, 0.15) is 0 Å². The van der Waals surface area contributed by atoms with Crippen molar-refractivity contribution in [3.63, 3.8) is 0 Å². The van der Waals surface area contributed by atoms with Crippen LogP contribution in [-0.2, 0) is 10.0 Å². The van der Waals surface area contributed by atoms with Crippen LogP contribution in [0, 0.1) is 6.92 Å². The summed E-state index contributed by atoms with van der Waals surface area (Å²) < 4.78 is 27.0. The minimum Gasteiger partial charge on any atom is -0.229 e. The van der Waals surface area contributed by atoms with E-state index in [9.17, 15) is 8.42 Å². The van der Waals surface area contributed by atoms with Gasteiger partial charge in [-0.25, -0.2) is 18.1 Å². The largest absolute Gasteiger partial charge is 0.252 e. The van der Waals surface area contributed by atoms with Crippen molar-refractivity contribution in [2.24, 2.45) is 0 Å². The first-order valence-electron chi connectivity index (χ1n) is 5.02. The highest BCUT2D eigenvalue weighted by Crippen LogP contribution is 2.26. The lowest BCUT2D eigenvalue weighted by molar-refractivity contribution is 0.545. The van der Waals surface area contributed by atoms with Crippen LogP contribution < -0.4 is 4.72 Å². The molecule has 1 aromatic rings. The molecule has 0 aliphatic rings. The van der Waals surface area contributed by atoms with Crippen molar-refractivity contribution >= 4 is 33.0 Å². The van der Waals surface area contributed by atoms with Crippen LogP contribution in [0.2, 0.25) is 4.47 Å². The molecule has 0 aliphatic heterocycles. The van der Waals surface area contributed by atoms with E-state index in [4.69, 9.17) is 11.6 Å². The molecular formula is C9H15ClN2O2S2. The molecular weight excluding hydrogens is 268 g/mol. The first-order chi connectivity index (χ1) is 7.36. The molecule has 1 atom stereocenters. The number of sulfonamides is 1. The molecule has 1 aromatic heterocycles. The van der Waals surface area contributed by atoms with Gasteiger partial charge in [0, 0.05) is 6.04 Å². The van der Waals surface area contributed by atoms with Crippen LogP contribution in [0.4, 0.5) is 0 Å². The van der Waals surface area contributed by atoms with E-state index in [2.05, 4.69) is 9.71 Å². The average molecular weight is 283 g/mol. The maximum atomic E-state index is 12.0. The number of hydrogen-bond donors (Lipinski definition) is 1. The summed E-state index contributed by atoms with van der Waals surface area (Å²) in [5.41, 5.74) is 0.450. The lowest BCUT2D eigenvalue weighted by Gasteiger charge is -2.12. The van der Waals surface area contributed by atoms with Gasteiger partial charge in [0.25, 0.3) is 10.0 Å². The van der Waals surface area contributed by atoms with E-state index >= 15 is 0 Å². The molecule has 0 amide bonds. The van der Waals surface area contributed by atoms with Crippen molar-refractivity contribution in [3.05, 3.63) is 10.2 Å². The molecule has 1 rings (SSSR count). The van der Waals surface area contributed by atoms with E-state index in [1.54, 1.807) is 6.92 Å². The van der Waals surface area contributed by atoms with Crippen molar-refractivity contribution in [2.75, 3.05) is 0 Å². The molecule has 1 N–H and O–H groups in total. The summed E-state index contributed by atoms with van der Waals surface area (Å²) >= 11 is 6.67. The Kier molecular flexibility index (Phi) is 4.73. The second-order valence-electron chi connectivity index (χ2n) is 3.65. The molecule has 0 saturated carbocycles. The molecule has 0 fully saturated rings. The minimum absolute atomic E-state index is 0.0738. The lowest BCUT2D eigenvalue weighted by atomic mass is 10.2. The van der Waals surface area contributed by atoms with Gasteiger partial charge in [-0.3, -0.25) is 0 Å². The average Bonchev–Trinajstić information content (AvgIpc) is 2.45. The van der Waals surface area contributed by atoms with Gasteiger partial charge in [0.15, 0.2) is 8.68 Å². The van der Waals surface area contributed by atoms with Gasteiger partial charge >= 0.3 is 0 Å². The van der Waals surface area contributed by atoms with Gasteiger partial charge in [0.2, 0.25) is 0 Å². The van der Waals surface area contributed by atoms with Crippen LogP contribution in [0.1, 0.15) is 32.4 Å². The Bertz CT molecular complexity index is 456. The highest BCUT2D eigenvalue weighted by molar-refractivity contribution is 7.91. The third-order valence-corrected chi connectivity index (χ3v) is 5.51. The lowest BCUT2D eigenvalue weighted by Crippen LogP contribution is -2.32. The van der Waals surface area contributed by atoms with Crippen molar-refractivity contribution in [1.82, 2.24) is 9.71 Å². The van der Waals surface area contributed by atoms with Gasteiger partial charge in [-0.15, -0.1) is 0 Å². The summed E-state index contributed by atoms with van der Waals surface area (Å²) in [4.78, 5) is 3.90. The second-order valence-corrected chi connectivity index (χ2v) is 7.14. The van der Waals surface area contributed by atoms with Crippen LogP contribution in [0.5, 0.6) is 0 Å². The molecule has 92 valence electrons. The molecule has 1 heterocycles. The summed E-state index contributed by atoms with van der Waals surface area (Å²) in [6.07, 6.45) is 1.75. The van der Waals surface area contributed by atoms with Crippen LogP contribution in [0.3, 0.4) is 0 Å². The van der Waals surface area contributed by atoms with Crippen molar-refractivity contribution in [3.8, 4) is 0 Å². The number of thiazole rings is 1. The molecule has 0 spiro atoms. The minimum atomic E-state index is -3.47. The summed E-state index contributed by atoms with van der Waals surface area (Å²) in [6.45, 7) is 5.50. The first-order valence-corrected chi connectivity index (χ1v) is 7.70. The van der Waals surface area contributed by atoms with Gasteiger partial charge in [-0.05, 0) is 20.3 Å². The summed E-state index contributed by atoms with van der Waals surface area (Å²) in [7, 11) is -3.47. The smallest absolute Gasteiger partial charge is 0.229 e. The Morgan fingerprint density at radius 3 is 2.62 bits per heavy atom. The van der Waals surface area contributed by atoms with Crippen molar-refractivity contribution in [1.29, 1.82) is 0 Å². The Labute approximate surface area is 105 Å². The van der Waals surface area contributed by atoms with Crippen LogP contribution in [-0.4, -0.2) is 19.4 Å². The van der Waals surface area contributed by atoms with Crippen molar-refractivity contribution < 1.29 is 8.42 Å². The standard InChI is InChI=1S/C9H15ClN2O2S2/c1-4-5-6(2)12-16(13,14)8-7(3)11-9(10)15-8/h6,12H,4-5H2,1-3H3. The topological polar surface area (TPSA) is 59.1 Å². The fourth-order valence-electron chi connectivity index (χ4n) is 1.41. The zero-order valence-corrected chi connectivity index (χ0v) is 11.8. The van der Waals surface area contributed by atoms with E-state index in [1.807, 2.05) is 13.8 Å². The fourth-order valence-corrected chi connectivity index (χ4v) is 4.44. The Morgan fingerprint density at radius 2 is 2.19 bits per heavy atom. The maximum absolute atomic E-state index is 12.0. The van der Waals surface area contributed by atoms with E-state index in [0.717, 1.165) is 24.2 Å². The summed E-state index contributed by atoms with van der Waals surface area (Å²) in [5, 5.41) is 0. The molecule has 16 heavy (non-hydrogen) atoms. The van der Waals surface area contributed by atoms with E-state index in [1.165, 1.54) is 0 Å². The molecule has 0 bridgehead atoms. The van der Waals surface area contributed by atoms with E-state index in [-0.39, 0.29) is 14.7 Å². The molecule has 0 aromatic carbocycles. The number of aromatic nitrogens is 1. The molecule has 0 saturated heterocycles. The summed E-state index contributed by atoms with van der Waals surface area (Å²) in [6, 6.07) is -0.0738. The third kappa shape index (κ3) is 3.41. The molecule has 0 radical (unpaired) electrons. The normalized spacial score (nSPS) is 14.0. The zero-order valence-electron chi connectivity index (χ0n) is 9.45. The number of aryl methyl sites for hydroxylation is 1. The number of halogens is 1. The predicted octanol–water partition coefficient (Wildman–Crippen LogP) is 2.57. The number of nitrogens with one attached hydrogen (secondary N) is 1. The van der Waals surface area contributed by atoms with Crippen LogP contribution in [0.25, 0.3) is 0 Å². The highest BCUT2D eigenvalue weighted by Gasteiger charge is 2.22. The second kappa shape index (κ2) is 5.44. The molecule has 4 nitrogen and oxygen atoms in total. The predicted molar refractivity (Wildman–Crippen MR) is 66.6 cm³/mol. The van der Waals surface area contributed by atoms with Crippen LogP contribution in [0.15, 0.2) is 4.21 Å². The van der Waals surface area contributed by atoms with Crippen molar-refractivity contribution in [2.45, 2.75) is 43.9 Å². The molecule has 7 heteroatoms. The highest BCUT2D eigenvalue weighted by atomic mass is 35.5. The fraction of sp³-hybridized carbons (Fsp3) is 0.667. The Balaban J connectivity index is 2.90. The first kappa shape index (κ1) is 13.9. The SMILES string of the molecule is CCCC(C)NS(=O)(=O)c1sc(Cl)nc1C. The van der Waals surface area contributed by atoms with Gasteiger partial charge in [-0.2, -0.15) is 0 Å². The number of nitrogens with zero attached hydrogens (tertiary/aromatic N) is 1.